The minimum Gasteiger partial charge on any atom is -0.385 e. The van der Waals surface area contributed by atoms with E-state index in [1.807, 2.05) is 0 Å². The number of unbranched alkanes of at least 4 members (excludes halogenated alkanes) is 2. The predicted molar refractivity (Wildman–Crippen MR) is 73.1 cm³/mol. The highest BCUT2D eigenvalue weighted by Crippen LogP contribution is 2.29. The monoisotopic (exact) mass is 230 g/mol. The van der Waals surface area contributed by atoms with Crippen molar-refractivity contribution in [2.75, 3.05) is 11.9 Å². The van der Waals surface area contributed by atoms with Crippen LogP contribution in [0.3, 0.4) is 0 Å². The van der Waals surface area contributed by atoms with E-state index in [0.29, 0.717) is 6.42 Å². The number of nitrogens with zero attached hydrogens (tertiary/aromatic N) is 1. The van der Waals surface area contributed by atoms with Crippen LogP contribution in [-0.4, -0.2) is 6.54 Å². The van der Waals surface area contributed by atoms with Crippen LogP contribution in [0.15, 0.2) is 24.3 Å². The van der Waals surface area contributed by atoms with Gasteiger partial charge < -0.3 is 5.32 Å². The maximum absolute atomic E-state index is 8.46. The second-order valence-electron chi connectivity index (χ2n) is 5.34. The first-order chi connectivity index (χ1) is 8.05. The lowest BCUT2D eigenvalue weighted by Gasteiger charge is -2.23. The van der Waals surface area contributed by atoms with Crippen LogP contribution in [0.2, 0.25) is 0 Å². The van der Waals surface area contributed by atoms with Crippen molar-refractivity contribution in [1.29, 1.82) is 5.26 Å². The Morgan fingerprint density at radius 2 is 1.88 bits per heavy atom. The minimum atomic E-state index is 0.163. The Labute approximate surface area is 105 Å². The third-order valence-electron chi connectivity index (χ3n) is 2.77. The molecular formula is C15H22N2. The fourth-order valence-corrected chi connectivity index (χ4v) is 1.84. The molecule has 0 amide bonds. The van der Waals surface area contributed by atoms with Gasteiger partial charge in [0.05, 0.1) is 6.07 Å². The lowest BCUT2D eigenvalue weighted by Crippen LogP contribution is -2.15. The lowest BCUT2D eigenvalue weighted by atomic mass is 9.86. The summed E-state index contributed by atoms with van der Waals surface area (Å²) in [6.45, 7) is 7.62. The highest BCUT2D eigenvalue weighted by atomic mass is 14.9. The normalized spacial score (nSPS) is 10.9. The van der Waals surface area contributed by atoms with Crippen molar-refractivity contribution >= 4 is 5.69 Å². The highest BCUT2D eigenvalue weighted by molar-refractivity contribution is 5.54. The smallest absolute Gasteiger partial charge is 0.0621 e. The molecule has 0 saturated carbocycles. The Hall–Kier alpha value is -1.49. The van der Waals surface area contributed by atoms with Gasteiger partial charge in [0.1, 0.15) is 0 Å². The molecule has 2 heteroatoms. The van der Waals surface area contributed by atoms with Gasteiger partial charge in [0.25, 0.3) is 0 Å². The van der Waals surface area contributed by atoms with Gasteiger partial charge in [-0.15, -0.1) is 0 Å². The van der Waals surface area contributed by atoms with E-state index in [2.05, 4.69) is 56.4 Å². The molecule has 0 aliphatic rings. The van der Waals surface area contributed by atoms with Gasteiger partial charge in [-0.2, -0.15) is 5.26 Å². The number of rotatable bonds is 5. The molecule has 1 rings (SSSR count). The van der Waals surface area contributed by atoms with E-state index in [1.54, 1.807) is 0 Å². The van der Waals surface area contributed by atoms with E-state index in [-0.39, 0.29) is 5.41 Å². The van der Waals surface area contributed by atoms with Crippen molar-refractivity contribution < 1.29 is 0 Å². The molecule has 0 bridgehead atoms. The molecule has 0 radical (unpaired) electrons. The summed E-state index contributed by atoms with van der Waals surface area (Å²) in [6.07, 6.45) is 2.68. The molecule has 0 aliphatic heterocycles. The Morgan fingerprint density at radius 3 is 2.53 bits per heavy atom. The number of nitriles is 1. The zero-order valence-corrected chi connectivity index (χ0v) is 11.1. The number of hydrogen-bond donors (Lipinski definition) is 1. The van der Waals surface area contributed by atoms with Crippen LogP contribution in [0.5, 0.6) is 0 Å². The van der Waals surface area contributed by atoms with E-state index in [4.69, 9.17) is 5.26 Å². The third-order valence-corrected chi connectivity index (χ3v) is 2.77. The first-order valence-corrected chi connectivity index (χ1v) is 6.26. The van der Waals surface area contributed by atoms with Crippen LogP contribution in [0.4, 0.5) is 5.69 Å². The van der Waals surface area contributed by atoms with E-state index in [1.165, 1.54) is 11.3 Å². The summed E-state index contributed by atoms with van der Waals surface area (Å²) in [5.74, 6) is 0. The van der Waals surface area contributed by atoms with Gasteiger partial charge in [0, 0.05) is 18.7 Å². The Kier molecular flexibility index (Phi) is 5.03. The standard InChI is InChI=1S/C15H22N2/c1-15(2,3)13-9-5-6-10-14(13)17-12-8-4-7-11-16/h5-6,9-10,17H,4,7-8,12H2,1-3H3. The summed E-state index contributed by atoms with van der Waals surface area (Å²) in [5.41, 5.74) is 2.73. The van der Waals surface area contributed by atoms with Crippen molar-refractivity contribution in [2.24, 2.45) is 0 Å². The van der Waals surface area contributed by atoms with Gasteiger partial charge >= 0.3 is 0 Å². The molecule has 17 heavy (non-hydrogen) atoms. The minimum absolute atomic E-state index is 0.163. The Bertz CT molecular complexity index is 383. The van der Waals surface area contributed by atoms with E-state index in [9.17, 15) is 0 Å². The van der Waals surface area contributed by atoms with Crippen LogP contribution in [0, 0.1) is 11.3 Å². The highest BCUT2D eigenvalue weighted by Gasteiger charge is 2.16. The van der Waals surface area contributed by atoms with Crippen molar-refractivity contribution in [3.05, 3.63) is 29.8 Å². The molecule has 2 nitrogen and oxygen atoms in total. The summed E-state index contributed by atoms with van der Waals surface area (Å²) < 4.78 is 0. The van der Waals surface area contributed by atoms with Crippen LogP contribution in [-0.2, 0) is 5.41 Å². The number of nitrogens with one attached hydrogen (secondary N) is 1. The van der Waals surface area contributed by atoms with E-state index >= 15 is 0 Å². The fraction of sp³-hybridized carbons (Fsp3) is 0.533. The Morgan fingerprint density at radius 1 is 1.18 bits per heavy atom. The topological polar surface area (TPSA) is 35.8 Å². The molecule has 1 N–H and O–H groups in total. The molecule has 1 aromatic carbocycles. The summed E-state index contributed by atoms with van der Waals surface area (Å²) in [7, 11) is 0. The predicted octanol–water partition coefficient (Wildman–Crippen LogP) is 4.09. The van der Waals surface area contributed by atoms with Crippen molar-refractivity contribution in [3.63, 3.8) is 0 Å². The second kappa shape index (κ2) is 6.30. The zero-order chi connectivity index (χ0) is 12.7. The van der Waals surface area contributed by atoms with Crippen LogP contribution in [0.25, 0.3) is 0 Å². The molecule has 0 atom stereocenters. The van der Waals surface area contributed by atoms with Crippen molar-refractivity contribution in [1.82, 2.24) is 0 Å². The van der Waals surface area contributed by atoms with Crippen LogP contribution >= 0.6 is 0 Å². The number of benzene rings is 1. The third kappa shape index (κ3) is 4.48. The summed E-state index contributed by atoms with van der Waals surface area (Å²) >= 11 is 0. The summed E-state index contributed by atoms with van der Waals surface area (Å²) in [6, 6.07) is 10.6. The summed E-state index contributed by atoms with van der Waals surface area (Å²) in [4.78, 5) is 0. The first-order valence-electron chi connectivity index (χ1n) is 6.26. The maximum atomic E-state index is 8.46. The molecule has 0 aliphatic carbocycles. The fourth-order valence-electron chi connectivity index (χ4n) is 1.84. The molecule has 0 fully saturated rings. The average Bonchev–Trinajstić information content (AvgIpc) is 2.28. The quantitative estimate of drug-likeness (QED) is 0.773. The molecule has 0 heterocycles. The van der Waals surface area contributed by atoms with Crippen molar-refractivity contribution in [3.8, 4) is 6.07 Å². The van der Waals surface area contributed by atoms with Gasteiger partial charge in [0.15, 0.2) is 0 Å². The first kappa shape index (κ1) is 13.6. The number of anilines is 1. The SMILES string of the molecule is CC(C)(C)c1ccccc1NCCCCC#N. The molecule has 0 aromatic heterocycles. The average molecular weight is 230 g/mol. The molecule has 0 saturated heterocycles. The largest absolute Gasteiger partial charge is 0.385 e. The van der Waals surface area contributed by atoms with Crippen LogP contribution < -0.4 is 5.32 Å². The van der Waals surface area contributed by atoms with Gasteiger partial charge in [-0.25, -0.2) is 0 Å². The summed E-state index contributed by atoms with van der Waals surface area (Å²) in [5, 5.41) is 11.9. The molecular weight excluding hydrogens is 208 g/mol. The number of para-hydroxylation sites is 1. The lowest BCUT2D eigenvalue weighted by molar-refractivity contribution is 0.591. The zero-order valence-electron chi connectivity index (χ0n) is 11.1. The maximum Gasteiger partial charge on any atom is 0.0621 e. The molecule has 1 aromatic rings. The number of hydrogen-bond acceptors (Lipinski definition) is 2. The van der Waals surface area contributed by atoms with Gasteiger partial charge in [-0.1, -0.05) is 39.0 Å². The van der Waals surface area contributed by atoms with Gasteiger partial charge in [-0.3, -0.25) is 0 Å². The second-order valence-corrected chi connectivity index (χ2v) is 5.34. The molecule has 0 unspecified atom stereocenters. The van der Waals surface area contributed by atoms with Gasteiger partial charge in [-0.05, 0) is 29.9 Å². The van der Waals surface area contributed by atoms with E-state index in [0.717, 1.165) is 19.4 Å². The Balaban J connectivity index is 2.56. The van der Waals surface area contributed by atoms with Gasteiger partial charge in [0.2, 0.25) is 0 Å². The molecule has 92 valence electrons. The van der Waals surface area contributed by atoms with E-state index < -0.39 is 0 Å². The molecule has 0 spiro atoms. The van der Waals surface area contributed by atoms with Crippen LogP contribution in [0.1, 0.15) is 45.6 Å². The van der Waals surface area contributed by atoms with Crippen molar-refractivity contribution in [2.45, 2.75) is 45.4 Å².